The number of carbonyl (C=O) groups excluding carboxylic acids is 2. The second-order valence-electron chi connectivity index (χ2n) is 10.8. The number of nitrogens with zero attached hydrogens (tertiary/aromatic N) is 1. The predicted octanol–water partition coefficient (Wildman–Crippen LogP) is 5.99. The Labute approximate surface area is 227 Å². The lowest BCUT2D eigenvalue weighted by Crippen LogP contribution is -2.36. The lowest BCUT2D eigenvalue weighted by atomic mass is 9.93. The minimum atomic E-state index is -0.775. The number of aryl methyl sites for hydroxylation is 1. The Hall–Kier alpha value is -3.65. The van der Waals surface area contributed by atoms with Crippen LogP contribution in [0, 0.1) is 18.7 Å². The van der Waals surface area contributed by atoms with Crippen LogP contribution in [0.3, 0.4) is 0 Å². The summed E-state index contributed by atoms with van der Waals surface area (Å²) in [6, 6.07) is 20.0. The van der Waals surface area contributed by atoms with E-state index in [0.29, 0.717) is 23.1 Å². The van der Waals surface area contributed by atoms with Gasteiger partial charge in [0.25, 0.3) is 11.8 Å². The third-order valence-corrected chi connectivity index (χ3v) is 7.68. The second kappa shape index (κ2) is 9.83. The molecule has 6 rings (SSSR count). The number of hydrogen-bond acceptors (Lipinski definition) is 5. The minimum Gasteiger partial charge on any atom is -0.342 e. The fraction of sp³-hybridized carbons (Fsp3) is 0.312. The third-order valence-electron chi connectivity index (χ3n) is 7.68. The molecular formula is C32H30FNO5. The van der Waals surface area contributed by atoms with Crippen LogP contribution < -0.4 is 0 Å². The van der Waals surface area contributed by atoms with E-state index in [0.717, 1.165) is 16.7 Å². The van der Waals surface area contributed by atoms with E-state index in [1.54, 1.807) is 43.3 Å². The van der Waals surface area contributed by atoms with Crippen molar-refractivity contribution in [2.75, 3.05) is 6.54 Å². The van der Waals surface area contributed by atoms with Gasteiger partial charge in [-0.1, -0.05) is 60.7 Å². The number of carbonyl (C=O) groups is 2. The van der Waals surface area contributed by atoms with Gasteiger partial charge in [0.2, 0.25) is 0 Å². The Morgan fingerprint density at radius 3 is 2.26 bits per heavy atom. The lowest BCUT2D eigenvalue weighted by molar-refractivity contribution is -0.205. The van der Waals surface area contributed by atoms with Crippen LogP contribution in [0.4, 0.5) is 4.39 Å². The third kappa shape index (κ3) is 4.82. The molecule has 0 aromatic heterocycles. The van der Waals surface area contributed by atoms with Crippen LogP contribution in [-0.4, -0.2) is 47.5 Å². The molecule has 3 aromatic rings. The van der Waals surface area contributed by atoms with Crippen molar-refractivity contribution in [3.05, 3.63) is 101 Å². The van der Waals surface area contributed by atoms with Gasteiger partial charge >= 0.3 is 0 Å². The smallest absolute Gasteiger partial charge is 0.261 e. The van der Waals surface area contributed by atoms with Gasteiger partial charge in [0, 0.05) is 12.5 Å². The van der Waals surface area contributed by atoms with Crippen LogP contribution in [0.25, 0.3) is 17.2 Å². The van der Waals surface area contributed by atoms with E-state index in [4.69, 9.17) is 14.2 Å². The van der Waals surface area contributed by atoms with E-state index >= 15 is 0 Å². The molecule has 3 heterocycles. The number of ether oxygens (including phenoxy) is 3. The lowest BCUT2D eigenvalue weighted by Gasteiger charge is -2.25. The number of rotatable bonds is 6. The fourth-order valence-electron chi connectivity index (χ4n) is 5.60. The maximum atomic E-state index is 14.0. The van der Waals surface area contributed by atoms with Gasteiger partial charge in [-0.25, -0.2) is 4.39 Å². The number of hydrogen-bond donors (Lipinski definition) is 0. The molecule has 0 bridgehead atoms. The Bertz CT molecular complexity index is 1430. The number of imide groups is 1. The monoisotopic (exact) mass is 527 g/mol. The highest BCUT2D eigenvalue weighted by molar-refractivity contribution is 6.21. The summed E-state index contributed by atoms with van der Waals surface area (Å²) in [5.41, 5.74) is 4.23. The molecule has 2 amide bonds. The van der Waals surface area contributed by atoms with Crippen molar-refractivity contribution in [1.29, 1.82) is 0 Å². The molecule has 6 nitrogen and oxygen atoms in total. The minimum absolute atomic E-state index is 0.118. The van der Waals surface area contributed by atoms with Gasteiger partial charge in [0.1, 0.15) is 11.9 Å². The highest BCUT2D eigenvalue weighted by Gasteiger charge is 2.54. The average Bonchev–Trinajstić information content (AvgIpc) is 3.48. The summed E-state index contributed by atoms with van der Waals surface area (Å²) in [5.74, 6) is -1.65. The first kappa shape index (κ1) is 25.6. The number of amides is 2. The SMILES string of the molecule is Cc1ccc(-c2ccc(C=C[C@@H]3O[C@@H]4OC(C)(C)O[C@@H]4[C@@H]3CCN3C(=O)c4ccccc4C3=O)cc2)cc1F. The molecule has 2 saturated heterocycles. The largest absolute Gasteiger partial charge is 0.342 e. The van der Waals surface area contributed by atoms with Gasteiger partial charge in [-0.3, -0.25) is 14.5 Å². The van der Waals surface area contributed by atoms with Gasteiger partial charge in [-0.05, 0) is 67.6 Å². The summed E-state index contributed by atoms with van der Waals surface area (Å²) in [7, 11) is 0. The van der Waals surface area contributed by atoms with Gasteiger partial charge in [-0.2, -0.15) is 0 Å². The normalized spacial score (nSPS) is 25.5. The zero-order valence-corrected chi connectivity index (χ0v) is 22.1. The second-order valence-corrected chi connectivity index (χ2v) is 10.8. The van der Waals surface area contributed by atoms with Gasteiger partial charge < -0.3 is 14.2 Å². The Morgan fingerprint density at radius 2 is 1.59 bits per heavy atom. The summed E-state index contributed by atoms with van der Waals surface area (Å²) >= 11 is 0. The molecule has 3 aliphatic heterocycles. The predicted molar refractivity (Wildman–Crippen MR) is 144 cm³/mol. The van der Waals surface area contributed by atoms with Crippen molar-refractivity contribution in [3.8, 4) is 11.1 Å². The van der Waals surface area contributed by atoms with E-state index in [1.807, 2.05) is 56.3 Å². The molecule has 200 valence electrons. The summed E-state index contributed by atoms with van der Waals surface area (Å²) in [5, 5.41) is 0. The van der Waals surface area contributed by atoms with Crippen molar-refractivity contribution in [2.45, 2.75) is 51.5 Å². The highest BCUT2D eigenvalue weighted by Crippen LogP contribution is 2.43. The Morgan fingerprint density at radius 1 is 0.923 bits per heavy atom. The molecule has 7 heteroatoms. The van der Waals surface area contributed by atoms with E-state index < -0.39 is 12.1 Å². The fourth-order valence-corrected chi connectivity index (χ4v) is 5.60. The molecule has 0 radical (unpaired) electrons. The molecule has 39 heavy (non-hydrogen) atoms. The van der Waals surface area contributed by atoms with Crippen molar-refractivity contribution in [2.24, 2.45) is 5.92 Å². The van der Waals surface area contributed by atoms with Crippen LogP contribution in [0.2, 0.25) is 0 Å². The summed E-state index contributed by atoms with van der Waals surface area (Å²) in [6.07, 6.45) is 3.30. The van der Waals surface area contributed by atoms with Gasteiger partial charge in [0.05, 0.1) is 17.2 Å². The molecule has 0 unspecified atom stereocenters. The van der Waals surface area contributed by atoms with Crippen LogP contribution in [-0.2, 0) is 14.2 Å². The van der Waals surface area contributed by atoms with E-state index in [-0.39, 0.29) is 42.3 Å². The zero-order chi connectivity index (χ0) is 27.3. The van der Waals surface area contributed by atoms with Crippen molar-refractivity contribution in [1.82, 2.24) is 4.90 Å². The highest BCUT2D eigenvalue weighted by atomic mass is 19.1. The maximum Gasteiger partial charge on any atom is 0.261 e. The van der Waals surface area contributed by atoms with E-state index in [9.17, 15) is 14.0 Å². The number of fused-ring (bicyclic) bond motifs is 2. The standard InChI is InChI=1S/C32H30FNO5/c1-19-8-12-22(18-26(19)33)21-13-9-20(10-14-21)11-15-27-25(28-31(37-27)39-32(2,3)38-28)16-17-34-29(35)23-6-4-5-7-24(23)30(34)36/h4-15,18,25,27-28,31H,16-17H2,1-3H3/t25-,27+,28-,31-/m1/s1. The molecule has 0 N–H and O–H groups in total. The van der Waals surface area contributed by atoms with Gasteiger partial charge in [0.15, 0.2) is 12.1 Å². The number of benzene rings is 3. The Balaban J connectivity index is 1.18. The van der Waals surface area contributed by atoms with E-state index in [2.05, 4.69) is 0 Å². The molecule has 4 atom stereocenters. The molecule has 3 aliphatic rings. The van der Waals surface area contributed by atoms with E-state index in [1.165, 1.54) is 4.90 Å². The topological polar surface area (TPSA) is 65.1 Å². The first-order valence-electron chi connectivity index (χ1n) is 13.2. The van der Waals surface area contributed by atoms with Crippen LogP contribution in [0.5, 0.6) is 0 Å². The van der Waals surface area contributed by atoms with Crippen molar-refractivity contribution < 1.29 is 28.2 Å². The molecule has 2 fully saturated rings. The van der Waals surface area contributed by atoms with Crippen LogP contribution >= 0.6 is 0 Å². The first-order valence-corrected chi connectivity index (χ1v) is 13.2. The molecule has 3 aromatic carbocycles. The maximum absolute atomic E-state index is 14.0. The summed E-state index contributed by atoms with van der Waals surface area (Å²) in [4.78, 5) is 27.1. The van der Waals surface area contributed by atoms with Crippen LogP contribution in [0.15, 0.2) is 72.8 Å². The molecule has 0 saturated carbocycles. The van der Waals surface area contributed by atoms with Gasteiger partial charge in [-0.15, -0.1) is 0 Å². The average molecular weight is 528 g/mol. The molecule has 0 aliphatic carbocycles. The Kier molecular flexibility index (Phi) is 6.46. The number of halogens is 1. The molecular weight excluding hydrogens is 497 g/mol. The summed E-state index contributed by atoms with van der Waals surface area (Å²) < 4.78 is 32.4. The van der Waals surface area contributed by atoms with Crippen molar-refractivity contribution >= 4 is 17.9 Å². The van der Waals surface area contributed by atoms with Crippen LogP contribution in [0.1, 0.15) is 52.1 Å². The first-order chi connectivity index (χ1) is 18.7. The molecule has 0 spiro atoms. The summed E-state index contributed by atoms with van der Waals surface area (Å²) in [6.45, 7) is 5.71. The zero-order valence-electron chi connectivity index (χ0n) is 22.1. The van der Waals surface area contributed by atoms with Crippen molar-refractivity contribution in [3.63, 3.8) is 0 Å². The quantitative estimate of drug-likeness (QED) is 0.368.